The van der Waals surface area contributed by atoms with E-state index in [0.29, 0.717) is 21.5 Å². The smallest absolute Gasteiger partial charge is 0.0693 e. The third kappa shape index (κ3) is 2.44. The first-order valence-electron chi connectivity index (χ1n) is 5.51. The molecular formula is C14Cl8. The zero-order chi connectivity index (χ0) is 16.3. The van der Waals surface area contributed by atoms with Gasteiger partial charge < -0.3 is 0 Å². The molecule has 0 heterocycles. The van der Waals surface area contributed by atoms with E-state index in [2.05, 4.69) is 12.1 Å². The molecule has 3 aromatic rings. The summed E-state index contributed by atoms with van der Waals surface area (Å²) in [4.78, 5) is 0. The lowest BCUT2D eigenvalue weighted by Crippen LogP contribution is -1.89. The highest BCUT2D eigenvalue weighted by Gasteiger charge is 2.23. The molecule has 0 aliphatic heterocycles. The molecule has 0 amide bonds. The van der Waals surface area contributed by atoms with Crippen molar-refractivity contribution in [2.75, 3.05) is 0 Å². The summed E-state index contributed by atoms with van der Waals surface area (Å²) in [7, 11) is 0. The fourth-order valence-electron chi connectivity index (χ4n) is 2.19. The molecule has 22 heavy (non-hydrogen) atoms. The summed E-state index contributed by atoms with van der Waals surface area (Å²) < 4.78 is 0. The van der Waals surface area contributed by atoms with Gasteiger partial charge in [-0.1, -0.05) is 92.8 Å². The number of hydrogen-bond donors (Lipinski definition) is 0. The van der Waals surface area contributed by atoms with Gasteiger partial charge in [0.25, 0.3) is 0 Å². The Hall–Kier alpha value is 0.500. The lowest BCUT2D eigenvalue weighted by Gasteiger charge is -2.15. The molecule has 2 radical (unpaired) electrons. The Morgan fingerprint density at radius 1 is 0.364 bits per heavy atom. The largest absolute Gasteiger partial charge is 0.0829 e. The van der Waals surface area contributed by atoms with Crippen molar-refractivity contribution < 1.29 is 0 Å². The fourth-order valence-corrected chi connectivity index (χ4v) is 4.36. The van der Waals surface area contributed by atoms with Gasteiger partial charge in [0, 0.05) is 33.7 Å². The quantitative estimate of drug-likeness (QED) is 0.236. The highest BCUT2D eigenvalue weighted by Crippen LogP contribution is 2.51. The Morgan fingerprint density at radius 2 is 0.773 bits per heavy atom. The lowest BCUT2D eigenvalue weighted by atomic mass is 10.0. The van der Waals surface area contributed by atoms with Crippen LogP contribution >= 0.6 is 92.8 Å². The van der Waals surface area contributed by atoms with Crippen molar-refractivity contribution in [2.24, 2.45) is 0 Å². The topological polar surface area (TPSA) is 0 Å². The van der Waals surface area contributed by atoms with E-state index in [0.717, 1.165) is 0 Å². The van der Waals surface area contributed by atoms with Gasteiger partial charge in [0.2, 0.25) is 0 Å². The van der Waals surface area contributed by atoms with Crippen LogP contribution in [0.4, 0.5) is 0 Å². The Morgan fingerprint density at radius 3 is 1.32 bits per heavy atom. The van der Waals surface area contributed by atoms with Gasteiger partial charge in [-0.05, 0) is 0 Å². The van der Waals surface area contributed by atoms with Crippen LogP contribution in [-0.4, -0.2) is 0 Å². The zero-order valence-electron chi connectivity index (χ0n) is 10.0. The summed E-state index contributed by atoms with van der Waals surface area (Å²) in [5.41, 5.74) is 0. The molecule has 3 aromatic carbocycles. The monoisotopic (exact) mass is 448 g/mol. The fraction of sp³-hybridized carbons (Fsp3) is 0. The molecule has 0 aliphatic rings. The van der Waals surface area contributed by atoms with Gasteiger partial charge >= 0.3 is 0 Å². The van der Waals surface area contributed by atoms with E-state index in [1.54, 1.807) is 0 Å². The molecule has 0 saturated heterocycles. The average Bonchev–Trinajstić information content (AvgIpc) is 2.44. The van der Waals surface area contributed by atoms with E-state index >= 15 is 0 Å². The van der Waals surface area contributed by atoms with Gasteiger partial charge in [0.15, 0.2) is 0 Å². The minimum Gasteiger partial charge on any atom is -0.0829 e. The SMILES string of the molecule is Clc1[c]c(Cl)c2c(c1Cl)c(Cl)c(Cl)c1c(Cl)[c]c(Cl)c(Cl)c12. The number of fused-ring (bicyclic) bond motifs is 3. The summed E-state index contributed by atoms with van der Waals surface area (Å²) in [6.45, 7) is 0. The minimum absolute atomic E-state index is 0.118. The van der Waals surface area contributed by atoms with Crippen molar-refractivity contribution in [1.82, 2.24) is 0 Å². The van der Waals surface area contributed by atoms with E-state index in [4.69, 9.17) is 92.8 Å². The molecule has 0 atom stereocenters. The first-order valence-corrected chi connectivity index (χ1v) is 8.54. The van der Waals surface area contributed by atoms with Crippen LogP contribution in [0.3, 0.4) is 0 Å². The predicted octanol–water partition coefficient (Wildman–Crippen LogP) is 8.82. The van der Waals surface area contributed by atoms with Gasteiger partial charge in [-0.2, -0.15) is 0 Å². The summed E-state index contributed by atoms with van der Waals surface area (Å²) in [6.07, 6.45) is 0. The third-order valence-electron chi connectivity index (χ3n) is 3.08. The maximum Gasteiger partial charge on any atom is 0.0693 e. The van der Waals surface area contributed by atoms with Crippen molar-refractivity contribution in [3.05, 3.63) is 52.3 Å². The number of benzene rings is 3. The maximum atomic E-state index is 6.32. The zero-order valence-corrected chi connectivity index (χ0v) is 16.1. The van der Waals surface area contributed by atoms with Crippen LogP contribution in [0.5, 0.6) is 0 Å². The minimum atomic E-state index is 0.118. The first-order chi connectivity index (χ1) is 10.3. The second kappa shape index (κ2) is 6.10. The van der Waals surface area contributed by atoms with Crippen LogP contribution in [0.25, 0.3) is 21.5 Å². The second-order valence-electron chi connectivity index (χ2n) is 4.26. The third-order valence-corrected chi connectivity index (χ3v) is 6.02. The molecule has 8 heteroatoms. The molecular weight excluding hydrogens is 452 g/mol. The van der Waals surface area contributed by atoms with E-state index in [1.165, 1.54) is 0 Å². The van der Waals surface area contributed by atoms with E-state index < -0.39 is 0 Å². The van der Waals surface area contributed by atoms with Crippen molar-refractivity contribution >= 4 is 114 Å². The summed E-state index contributed by atoms with van der Waals surface area (Å²) in [6, 6.07) is 5.43. The Bertz CT molecular complexity index is 961. The summed E-state index contributed by atoms with van der Waals surface area (Å²) >= 11 is 49.7. The summed E-state index contributed by atoms with van der Waals surface area (Å²) in [5, 5.41) is 2.80. The van der Waals surface area contributed by atoms with Crippen LogP contribution < -0.4 is 0 Å². The molecule has 0 aliphatic carbocycles. The number of hydrogen-bond acceptors (Lipinski definition) is 0. The molecule has 3 rings (SSSR count). The molecule has 0 nitrogen and oxygen atoms in total. The van der Waals surface area contributed by atoms with Gasteiger partial charge in [0.05, 0.1) is 40.2 Å². The van der Waals surface area contributed by atoms with Crippen molar-refractivity contribution in [3.8, 4) is 0 Å². The molecule has 0 unspecified atom stereocenters. The van der Waals surface area contributed by atoms with Gasteiger partial charge in [0.1, 0.15) is 0 Å². The van der Waals surface area contributed by atoms with Crippen LogP contribution in [0.15, 0.2) is 0 Å². The molecule has 0 spiro atoms. The standard InChI is InChI=1S/C14Cl8/c15-3-1-6(18)12(20)10-7(3)9-8(13(21)14(10)22)4(16)2-5(17)11(9)19. The molecule has 0 N–H and O–H groups in total. The van der Waals surface area contributed by atoms with E-state index in [1.807, 2.05) is 0 Å². The Kier molecular flexibility index (Phi) is 4.80. The van der Waals surface area contributed by atoms with Crippen LogP contribution in [0, 0.1) is 12.1 Å². The predicted molar refractivity (Wildman–Crippen MR) is 99.2 cm³/mol. The maximum absolute atomic E-state index is 6.32. The van der Waals surface area contributed by atoms with Crippen LogP contribution in [-0.2, 0) is 0 Å². The van der Waals surface area contributed by atoms with E-state index in [-0.39, 0.29) is 40.2 Å². The van der Waals surface area contributed by atoms with Gasteiger partial charge in [-0.15, -0.1) is 0 Å². The lowest BCUT2D eigenvalue weighted by molar-refractivity contribution is 1.73. The Labute approximate surface area is 165 Å². The molecule has 0 saturated carbocycles. The molecule has 0 bridgehead atoms. The van der Waals surface area contributed by atoms with E-state index in [9.17, 15) is 0 Å². The van der Waals surface area contributed by atoms with Crippen molar-refractivity contribution in [2.45, 2.75) is 0 Å². The Balaban J connectivity index is 2.82. The normalized spacial score (nSPS) is 11.6. The number of rotatable bonds is 0. The molecule has 0 aromatic heterocycles. The van der Waals surface area contributed by atoms with Gasteiger partial charge in [-0.25, -0.2) is 0 Å². The molecule has 112 valence electrons. The highest BCUT2D eigenvalue weighted by atomic mass is 35.5. The van der Waals surface area contributed by atoms with Crippen LogP contribution in [0.2, 0.25) is 40.2 Å². The second-order valence-corrected chi connectivity index (χ2v) is 7.29. The van der Waals surface area contributed by atoms with Crippen molar-refractivity contribution in [1.29, 1.82) is 0 Å². The van der Waals surface area contributed by atoms with Crippen LogP contribution in [0.1, 0.15) is 0 Å². The van der Waals surface area contributed by atoms with Crippen molar-refractivity contribution in [3.63, 3.8) is 0 Å². The average molecular weight is 452 g/mol. The summed E-state index contributed by atoms with van der Waals surface area (Å²) in [5.74, 6) is 0. The first kappa shape index (κ1) is 17.3. The van der Waals surface area contributed by atoms with Gasteiger partial charge in [-0.3, -0.25) is 0 Å². The highest BCUT2D eigenvalue weighted by molar-refractivity contribution is 6.59. The molecule has 0 fully saturated rings. The number of halogens is 8.